The minimum absolute atomic E-state index is 0.215. The summed E-state index contributed by atoms with van der Waals surface area (Å²) in [5.41, 5.74) is 1.36. The van der Waals surface area contributed by atoms with Gasteiger partial charge in [0.15, 0.2) is 0 Å². The summed E-state index contributed by atoms with van der Waals surface area (Å²) in [5.74, 6) is -0.215. The number of hydrogen-bond donors (Lipinski definition) is 1. The van der Waals surface area contributed by atoms with Crippen molar-refractivity contribution < 1.29 is 9.50 Å². The Hall–Kier alpha value is -0.890. The molecular formula is C11H15FO. The van der Waals surface area contributed by atoms with E-state index in [1.165, 1.54) is 6.07 Å². The molecule has 0 amide bonds. The van der Waals surface area contributed by atoms with Gasteiger partial charge >= 0.3 is 0 Å². The molecule has 0 aliphatic rings. The number of benzene rings is 1. The molecule has 1 atom stereocenters. The minimum atomic E-state index is -0.536. The normalized spacial score (nSPS) is 12.9. The Bertz CT molecular complexity index is 283. The zero-order chi connectivity index (χ0) is 9.84. The van der Waals surface area contributed by atoms with Crippen LogP contribution in [0.3, 0.4) is 0 Å². The summed E-state index contributed by atoms with van der Waals surface area (Å²) in [6.07, 6.45) is 0.709. The molecule has 13 heavy (non-hydrogen) atoms. The highest BCUT2D eigenvalue weighted by atomic mass is 19.1. The Morgan fingerprint density at radius 1 is 1.38 bits per heavy atom. The molecule has 0 spiro atoms. The molecule has 1 rings (SSSR count). The first-order chi connectivity index (χ1) is 6.20. The van der Waals surface area contributed by atoms with Crippen LogP contribution < -0.4 is 0 Å². The van der Waals surface area contributed by atoms with Crippen LogP contribution >= 0.6 is 0 Å². The molecule has 0 aliphatic carbocycles. The maximum atomic E-state index is 13.2. The van der Waals surface area contributed by atoms with Gasteiger partial charge in [0.2, 0.25) is 0 Å². The van der Waals surface area contributed by atoms with Crippen LogP contribution in [0.1, 0.15) is 37.5 Å². The van der Waals surface area contributed by atoms with Crippen LogP contribution in [-0.4, -0.2) is 5.11 Å². The molecule has 2 heteroatoms. The van der Waals surface area contributed by atoms with Crippen molar-refractivity contribution >= 4 is 0 Å². The smallest absolute Gasteiger partial charge is 0.126 e. The van der Waals surface area contributed by atoms with Gasteiger partial charge in [-0.05, 0) is 30.0 Å². The van der Waals surface area contributed by atoms with Crippen LogP contribution in [-0.2, 0) is 6.42 Å². The van der Waals surface area contributed by atoms with E-state index in [1.54, 1.807) is 12.1 Å². The molecule has 0 heterocycles. The average Bonchev–Trinajstić information content (AvgIpc) is 2.16. The van der Waals surface area contributed by atoms with Gasteiger partial charge in [0.25, 0.3) is 0 Å². The molecule has 1 aromatic carbocycles. The first-order valence-corrected chi connectivity index (χ1v) is 4.66. The van der Waals surface area contributed by atoms with E-state index in [2.05, 4.69) is 0 Å². The van der Waals surface area contributed by atoms with E-state index in [0.29, 0.717) is 18.4 Å². The van der Waals surface area contributed by atoms with Crippen LogP contribution in [0.5, 0.6) is 0 Å². The standard InChI is InChI=1S/C11H15FO/c1-3-8-9(11(13)4-2)6-5-7-10(8)12/h5-7,11,13H,3-4H2,1-2H3. The number of rotatable bonds is 3. The summed E-state index contributed by atoms with van der Waals surface area (Å²) in [6.45, 7) is 3.78. The number of aliphatic hydroxyl groups excluding tert-OH is 1. The maximum Gasteiger partial charge on any atom is 0.126 e. The topological polar surface area (TPSA) is 20.2 Å². The van der Waals surface area contributed by atoms with Crippen molar-refractivity contribution in [3.8, 4) is 0 Å². The minimum Gasteiger partial charge on any atom is -0.388 e. The molecule has 0 radical (unpaired) electrons. The Kier molecular flexibility index (Phi) is 3.43. The maximum absolute atomic E-state index is 13.2. The van der Waals surface area contributed by atoms with Crippen molar-refractivity contribution in [3.05, 3.63) is 35.1 Å². The molecule has 0 aliphatic heterocycles. The van der Waals surface area contributed by atoms with Crippen LogP contribution in [0, 0.1) is 5.82 Å². The highest BCUT2D eigenvalue weighted by Gasteiger charge is 2.12. The third-order valence-corrected chi connectivity index (χ3v) is 2.25. The van der Waals surface area contributed by atoms with Gasteiger partial charge in [-0.2, -0.15) is 0 Å². The van der Waals surface area contributed by atoms with E-state index < -0.39 is 6.10 Å². The number of aliphatic hydroxyl groups is 1. The van der Waals surface area contributed by atoms with Gasteiger partial charge < -0.3 is 5.11 Å². The molecule has 0 fully saturated rings. The Morgan fingerprint density at radius 3 is 2.62 bits per heavy atom. The predicted octanol–water partition coefficient (Wildman–Crippen LogP) is 2.83. The number of hydrogen-bond acceptors (Lipinski definition) is 1. The lowest BCUT2D eigenvalue weighted by Gasteiger charge is -2.13. The monoisotopic (exact) mass is 182 g/mol. The Morgan fingerprint density at radius 2 is 2.08 bits per heavy atom. The van der Waals surface area contributed by atoms with Gasteiger partial charge in [0.05, 0.1) is 6.10 Å². The summed E-state index contributed by atoms with van der Waals surface area (Å²) in [4.78, 5) is 0. The summed E-state index contributed by atoms with van der Waals surface area (Å²) in [5, 5.41) is 9.60. The second-order valence-corrected chi connectivity index (χ2v) is 3.09. The first-order valence-electron chi connectivity index (χ1n) is 4.66. The summed E-state index contributed by atoms with van der Waals surface area (Å²) in [6, 6.07) is 4.86. The second kappa shape index (κ2) is 4.38. The Labute approximate surface area is 78.2 Å². The zero-order valence-electron chi connectivity index (χ0n) is 8.05. The summed E-state index contributed by atoms with van der Waals surface area (Å²) in [7, 11) is 0. The highest BCUT2D eigenvalue weighted by molar-refractivity contribution is 5.30. The van der Waals surface area contributed by atoms with Crippen molar-refractivity contribution in [2.75, 3.05) is 0 Å². The highest BCUT2D eigenvalue weighted by Crippen LogP contribution is 2.23. The van der Waals surface area contributed by atoms with E-state index >= 15 is 0 Å². The SMILES string of the molecule is CCc1c(F)cccc1C(O)CC. The molecule has 1 N–H and O–H groups in total. The number of halogens is 1. The predicted molar refractivity (Wildman–Crippen MR) is 51.0 cm³/mol. The summed E-state index contributed by atoms with van der Waals surface area (Å²) < 4.78 is 13.2. The van der Waals surface area contributed by atoms with Crippen LogP contribution in [0.25, 0.3) is 0 Å². The lowest BCUT2D eigenvalue weighted by molar-refractivity contribution is 0.172. The van der Waals surface area contributed by atoms with Crippen molar-refractivity contribution in [1.29, 1.82) is 0 Å². The van der Waals surface area contributed by atoms with Crippen molar-refractivity contribution in [1.82, 2.24) is 0 Å². The molecule has 1 aromatic rings. The van der Waals surface area contributed by atoms with E-state index in [1.807, 2.05) is 13.8 Å². The third kappa shape index (κ3) is 2.07. The molecule has 0 saturated heterocycles. The quantitative estimate of drug-likeness (QED) is 0.762. The summed E-state index contributed by atoms with van der Waals surface area (Å²) >= 11 is 0. The van der Waals surface area contributed by atoms with Crippen LogP contribution in [0.2, 0.25) is 0 Å². The lowest BCUT2D eigenvalue weighted by atomic mass is 9.98. The van der Waals surface area contributed by atoms with Crippen molar-refractivity contribution in [2.24, 2.45) is 0 Å². The Balaban J connectivity index is 3.12. The fraction of sp³-hybridized carbons (Fsp3) is 0.455. The van der Waals surface area contributed by atoms with Gasteiger partial charge in [-0.3, -0.25) is 0 Å². The van der Waals surface area contributed by atoms with Crippen molar-refractivity contribution in [2.45, 2.75) is 32.8 Å². The second-order valence-electron chi connectivity index (χ2n) is 3.09. The van der Waals surface area contributed by atoms with Crippen LogP contribution in [0.4, 0.5) is 4.39 Å². The largest absolute Gasteiger partial charge is 0.388 e. The molecule has 0 aromatic heterocycles. The van der Waals surface area contributed by atoms with Gasteiger partial charge in [-0.25, -0.2) is 4.39 Å². The van der Waals surface area contributed by atoms with Gasteiger partial charge in [0.1, 0.15) is 5.82 Å². The molecule has 0 saturated carbocycles. The molecule has 0 bridgehead atoms. The van der Waals surface area contributed by atoms with E-state index in [-0.39, 0.29) is 5.82 Å². The molecular weight excluding hydrogens is 167 g/mol. The molecule has 1 nitrogen and oxygen atoms in total. The zero-order valence-corrected chi connectivity index (χ0v) is 8.05. The van der Waals surface area contributed by atoms with E-state index in [4.69, 9.17) is 0 Å². The fourth-order valence-corrected chi connectivity index (χ4v) is 1.48. The van der Waals surface area contributed by atoms with Crippen molar-refractivity contribution in [3.63, 3.8) is 0 Å². The van der Waals surface area contributed by atoms with Gasteiger partial charge in [0, 0.05) is 0 Å². The molecule has 72 valence electrons. The first kappa shape index (κ1) is 10.2. The van der Waals surface area contributed by atoms with Crippen LogP contribution in [0.15, 0.2) is 18.2 Å². The fourth-order valence-electron chi connectivity index (χ4n) is 1.48. The van der Waals surface area contributed by atoms with Gasteiger partial charge in [-0.1, -0.05) is 26.0 Å². The third-order valence-electron chi connectivity index (χ3n) is 2.25. The van der Waals surface area contributed by atoms with E-state index in [9.17, 15) is 9.50 Å². The van der Waals surface area contributed by atoms with Gasteiger partial charge in [-0.15, -0.1) is 0 Å². The molecule has 1 unspecified atom stereocenters. The lowest BCUT2D eigenvalue weighted by Crippen LogP contribution is -2.02. The average molecular weight is 182 g/mol. The van der Waals surface area contributed by atoms with E-state index in [0.717, 1.165) is 5.56 Å².